The molecule has 1 heterocycles. The van der Waals surface area contributed by atoms with Crippen molar-refractivity contribution in [1.29, 1.82) is 0 Å². The number of amides is 1. The number of nitrogens with one attached hydrogen (secondary N) is 1. The Labute approximate surface area is 111 Å². The van der Waals surface area contributed by atoms with E-state index < -0.39 is 0 Å². The molecule has 0 saturated carbocycles. The third-order valence-electron chi connectivity index (χ3n) is 2.72. The quantitative estimate of drug-likeness (QED) is 0.788. The van der Waals surface area contributed by atoms with Crippen LogP contribution in [0.25, 0.3) is 0 Å². The average molecular weight is 261 g/mol. The van der Waals surface area contributed by atoms with E-state index in [1.54, 1.807) is 24.3 Å². The lowest BCUT2D eigenvalue weighted by molar-refractivity contribution is 0.0941. The molecule has 1 fully saturated rings. The standard InChI is InChI=1S/C14H15NO2S/c16-8-1-2-11-3-5-12(6-4-11)14(17)15-13-7-9-18-10-13/h3-6,13,16H,7-10H2,(H,15,17). The Morgan fingerprint density at radius 1 is 1.44 bits per heavy atom. The normalized spacial score (nSPS) is 17.9. The van der Waals surface area contributed by atoms with Crippen molar-refractivity contribution in [3.8, 4) is 11.8 Å². The maximum Gasteiger partial charge on any atom is 0.251 e. The SMILES string of the molecule is O=C(NC1CCSC1)c1ccc(C#CCO)cc1. The summed E-state index contributed by atoms with van der Waals surface area (Å²) in [5.41, 5.74) is 1.46. The van der Waals surface area contributed by atoms with E-state index in [0.29, 0.717) is 11.6 Å². The molecule has 1 aromatic carbocycles. The minimum absolute atomic E-state index is 0.0239. The van der Waals surface area contributed by atoms with Gasteiger partial charge in [-0.15, -0.1) is 0 Å². The molecule has 1 aliphatic heterocycles. The highest BCUT2D eigenvalue weighted by molar-refractivity contribution is 7.99. The van der Waals surface area contributed by atoms with E-state index in [9.17, 15) is 4.79 Å². The first-order valence-electron chi connectivity index (χ1n) is 5.88. The van der Waals surface area contributed by atoms with Gasteiger partial charge in [0.05, 0.1) is 0 Å². The molecule has 0 bridgehead atoms. The summed E-state index contributed by atoms with van der Waals surface area (Å²) in [6.07, 6.45) is 1.05. The van der Waals surface area contributed by atoms with E-state index in [4.69, 9.17) is 5.11 Å². The van der Waals surface area contributed by atoms with E-state index >= 15 is 0 Å². The zero-order valence-electron chi connectivity index (χ0n) is 9.98. The molecule has 3 nitrogen and oxygen atoms in total. The Morgan fingerprint density at radius 3 is 2.83 bits per heavy atom. The highest BCUT2D eigenvalue weighted by Crippen LogP contribution is 2.17. The molecule has 2 N–H and O–H groups in total. The van der Waals surface area contributed by atoms with Gasteiger partial charge in [-0.3, -0.25) is 4.79 Å². The number of thioether (sulfide) groups is 1. The minimum atomic E-state index is -0.151. The molecule has 4 heteroatoms. The molecule has 1 aromatic rings. The number of aliphatic hydroxyl groups is 1. The Balaban J connectivity index is 1.97. The largest absolute Gasteiger partial charge is 0.384 e. The number of carbonyl (C=O) groups is 1. The van der Waals surface area contributed by atoms with Crippen molar-refractivity contribution in [3.05, 3.63) is 35.4 Å². The van der Waals surface area contributed by atoms with E-state index in [1.165, 1.54) is 0 Å². The molecule has 1 atom stereocenters. The summed E-state index contributed by atoms with van der Waals surface area (Å²) in [6, 6.07) is 7.41. The molecular weight excluding hydrogens is 246 g/mol. The molecular formula is C14H15NO2S. The van der Waals surface area contributed by atoms with Crippen molar-refractivity contribution in [2.24, 2.45) is 0 Å². The van der Waals surface area contributed by atoms with Crippen LogP contribution in [0.15, 0.2) is 24.3 Å². The van der Waals surface area contributed by atoms with Gasteiger partial charge in [0.1, 0.15) is 6.61 Å². The lowest BCUT2D eigenvalue weighted by Gasteiger charge is -2.11. The van der Waals surface area contributed by atoms with Gasteiger partial charge in [0, 0.05) is 22.9 Å². The summed E-state index contributed by atoms with van der Waals surface area (Å²) in [7, 11) is 0. The van der Waals surface area contributed by atoms with Crippen molar-refractivity contribution in [3.63, 3.8) is 0 Å². The lowest BCUT2D eigenvalue weighted by Crippen LogP contribution is -2.34. The van der Waals surface area contributed by atoms with Crippen molar-refractivity contribution in [1.82, 2.24) is 5.32 Å². The van der Waals surface area contributed by atoms with E-state index in [1.807, 2.05) is 11.8 Å². The van der Waals surface area contributed by atoms with Crippen LogP contribution < -0.4 is 5.32 Å². The fourth-order valence-electron chi connectivity index (χ4n) is 1.76. The Morgan fingerprint density at radius 2 is 2.22 bits per heavy atom. The van der Waals surface area contributed by atoms with Crippen LogP contribution in [0.2, 0.25) is 0 Å². The lowest BCUT2D eigenvalue weighted by atomic mass is 10.1. The number of carbonyl (C=O) groups excluding carboxylic acids is 1. The van der Waals surface area contributed by atoms with Crippen molar-refractivity contribution in [2.45, 2.75) is 12.5 Å². The maximum absolute atomic E-state index is 11.9. The van der Waals surface area contributed by atoms with Gasteiger partial charge in [-0.2, -0.15) is 11.8 Å². The molecule has 1 saturated heterocycles. The van der Waals surface area contributed by atoms with Gasteiger partial charge < -0.3 is 10.4 Å². The van der Waals surface area contributed by atoms with Crippen LogP contribution in [0.5, 0.6) is 0 Å². The van der Waals surface area contributed by atoms with Crippen LogP contribution in [0.1, 0.15) is 22.3 Å². The second kappa shape index (κ2) is 6.48. The van der Waals surface area contributed by atoms with Gasteiger partial charge in [0.15, 0.2) is 0 Å². The van der Waals surface area contributed by atoms with Crippen LogP contribution in [-0.2, 0) is 0 Å². The van der Waals surface area contributed by atoms with Crippen LogP contribution in [0.3, 0.4) is 0 Å². The van der Waals surface area contributed by atoms with Gasteiger partial charge in [-0.1, -0.05) is 11.8 Å². The van der Waals surface area contributed by atoms with Gasteiger partial charge in [0.2, 0.25) is 0 Å². The molecule has 0 radical (unpaired) electrons. The maximum atomic E-state index is 11.9. The summed E-state index contributed by atoms with van der Waals surface area (Å²) in [4.78, 5) is 11.9. The molecule has 0 spiro atoms. The monoisotopic (exact) mass is 261 g/mol. The van der Waals surface area contributed by atoms with Crippen molar-refractivity contribution < 1.29 is 9.90 Å². The van der Waals surface area contributed by atoms with E-state index in [-0.39, 0.29) is 12.5 Å². The molecule has 0 aromatic heterocycles. The molecule has 2 rings (SSSR count). The fraction of sp³-hybridized carbons (Fsp3) is 0.357. The zero-order valence-corrected chi connectivity index (χ0v) is 10.8. The van der Waals surface area contributed by atoms with Gasteiger partial charge >= 0.3 is 0 Å². The average Bonchev–Trinajstić information content (AvgIpc) is 2.89. The Kier molecular flexibility index (Phi) is 4.68. The molecule has 1 aliphatic rings. The van der Waals surface area contributed by atoms with Crippen LogP contribution in [0.4, 0.5) is 0 Å². The zero-order chi connectivity index (χ0) is 12.8. The highest BCUT2D eigenvalue weighted by Gasteiger charge is 2.18. The van der Waals surface area contributed by atoms with E-state index in [2.05, 4.69) is 17.2 Å². The Hall–Kier alpha value is -1.44. The van der Waals surface area contributed by atoms with Gasteiger partial charge in [-0.05, 0) is 36.4 Å². The summed E-state index contributed by atoms with van der Waals surface area (Å²) in [5.74, 6) is 7.48. The second-order valence-electron chi connectivity index (χ2n) is 4.07. The first-order valence-corrected chi connectivity index (χ1v) is 7.03. The van der Waals surface area contributed by atoms with Crippen LogP contribution >= 0.6 is 11.8 Å². The molecule has 94 valence electrons. The summed E-state index contributed by atoms with van der Waals surface area (Å²) in [6.45, 7) is -0.151. The first kappa shape index (κ1) is 13.0. The molecule has 18 heavy (non-hydrogen) atoms. The predicted octanol–water partition coefficient (Wildman–Crippen LogP) is 1.27. The van der Waals surface area contributed by atoms with E-state index in [0.717, 1.165) is 23.5 Å². The fourth-order valence-corrected chi connectivity index (χ4v) is 2.92. The second-order valence-corrected chi connectivity index (χ2v) is 5.22. The van der Waals surface area contributed by atoms with Crippen LogP contribution in [-0.4, -0.2) is 35.2 Å². The van der Waals surface area contributed by atoms with Gasteiger partial charge in [0.25, 0.3) is 5.91 Å². The number of aliphatic hydroxyl groups excluding tert-OH is 1. The van der Waals surface area contributed by atoms with Crippen LogP contribution in [0, 0.1) is 11.8 Å². The number of benzene rings is 1. The summed E-state index contributed by atoms with van der Waals surface area (Å²) in [5, 5.41) is 11.6. The summed E-state index contributed by atoms with van der Waals surface area (Å²) < 4.78 is 0. The third-order valence-corrected chi connectivity index (χ3v) is 3.89. The predicted molar refractivity (Wildman–Crippen MR) is 73.6 cm³/mol. The molecule has 1 unspecified atom stereocenters. The number of rotatable bonds is 2. The topological polar surface area (TPSA) is 49.3 Å². The Bertz CT molecular complexity index is 467. The number of hydrogen-bond acceptors (Lipinski definition) is 3. The minimum Gasteiger partial charge on any atom is -0.384 e. The van der Waals surface area contributed by atoms with Gasteiger partial charge in [-0.25, -0.2) is 0 Å². The van der Waals surface area contributed by atoms with Crippen molar-refractivity contribution >= 4 is 17.7 Å². The number of hydrogen-bond donors (Lipinski definition) is 2. The first-order chi connectivity index (χ1) is 8.79. The van der Waals surface area contributed by atoms with Crippen molar-refractivity contribution in [2.75, 3.05) is 18.1 Å². The molecule has 1 amide bonds. The smallest absolute Gasteiger partial charge is 0.251 e. The molecule has 0 aliphatic carbocycles. The summed E-state index contributed by atoms with van der Waals surface area (Å²) >= 11 is 1.87. The highest BCUT2D eigenvalue weighted by atomic mass is 32.2. The third kappa shape index (κ3) is 3.52.